The first-order valence-electron chi connectivity index (χ1n) is 21.4. The summed E-state index contributed by atoms with van der Waals surface area (Å²) in [5.41, 5.74) is 6.52. The van der Waals surface area contributed by atoms with E-state index in [0.29, 0.717) is 49.9 Å². The summed E-state index contributed by atoms with van der Waals surface area (Å²) in [7, 11) is 1.54. The molecule has 1 aromatic carbocycles. The van der Waals surface area contributed by atoms with Gasteiger partial charge in [0.1, 0.15) is 24.9 Å². The smallest absolute Gasteiger partial charge is 0.338 e. The Morgan fingerprint density at radius 3 is 2.59 bits per heavy atom. The number of imidazole rings is 1. The highest BCUT2D eigenvalue weighted by Gasteiger charge is 2.31. The van der Waals surface area contributed by atoms with Crippen LogP contribution in [-0.2, 0) is 42.7 Å². The second-order valence-corrected chi connectivity index (χ2v) is 16.2. The number of esters is 1. The van der Waals surface area contributed by atoms with E-state index in [-0.39, 0.29) is 67.2 Å². The Kier molecular flexibility index (Phi) is 18.7. The number of nitrogens with zero attached hydrogens (tertiary/aromatic N) is 9. The third-order valence-corrected chi connectivity index (χ3v) is 11.2. The van der Waals surface area contributed by atoms with Gasteiger partial charge in [0.25, 0.3) is 5.56 Å². The van der Waals surface area contributed by atoms with E-state index in [2.05, 4.69) is 29.1 Å². The molecule has 5 rings (SSSR count). The number of halogens is 1. The normalized spacial score (nSPS) is 16.2. The van der Waals surface area contributed by atoms with E-state index in [4.69, 9.17) is 36.9 Å². The number of piperidine rings is 1. The van der Waals surface area contributed by atoms with Crippen LogP contribution in [-0.4, -0.2) is 153 Å². The minimum atomic E-state index is -1.72. The van der Waals surface area contributed by atoms with E-state index in [0.717, 1.165) is 43.1 Å². The van der Waals surface area contributed by atoms with Crippen molar-refractivity contribution >= 4 is 34.7 Å². The van der Waals surface area contributed by atoms with Gasteiger partial charge in [0.15, 0.2) is 11.2 Å². The predicted octanol–water partition coefficient (Wildman–Crippen LogP) is -0.167. The van der Waals surface area contributed by atoms with E-state index >= 15 is 0 Å². The number of nitrogens with two attached hydrogens (primary N) is 1. The lowest BCUT2D eigenvalue weighted by Gasteiger charge is -2.31. The largest absolute Gasteiger partial charge is 0.460 e. The van der Waals surface area contributed by atoms with E-state index in [1.165, 1.54) is 10.6 Å². The molecular weight excluding hydrogens is 840 g/mol. The molecule has 4 unspecified atom stereocenters. The highest BCUT2D eigenvalue weighted by Crippen LogP contribution is 2.24. The van der Waals surface area contributed by atoms with Gasteiger partial charge in [0, 0.05) is 50.5 Å². The topological polar surface area (TPSA) is 262 Å². The Morgan fingerprint density at radius 2 is 1.86 bits per heavy atom. The molecule has 4 heterocycles. The third-order valence-electron chi connectivity index (χ3n) is 11.0. The van der Waals surface area contributed by atoms with Crippen molar-refractivity contribution < 1.29 is 39.8 Å². The van der Waals surface area contributed by atoms with Crippen LogP contribution in [0.1, 0.15) is 74.0 Å². The Hall–Kier alpha value is -4.69. The summed E-state index contributed by atoms with van der Waals surface area (Å²) < 4.78 is 16.9. The number of fused-ring (bicyclic) bond motifs is 1. The van der Waals surface area contributed by atoms with Crippen LogP contribution >= 0.6 is 11.6 Å². The Balaban J connectivity index is 1.18. The molecule has 63 heavy (non-hydrogen) atoms. The minimum absolute atomic E-state index is 0.0158. The molecule has 3 aromatic heterocycles. The number of carbonyl (C=O) groups is 1. The van der Waals surface area contributed by atoms with Crippen LogP contribution in [0.25, 0.3) is 11.2 Å². The number of aliphatic hydroxyl groups excluding tert-OH is 5. The third kappa shape index (κ3) is 13.0. The molecule has 0 aliphatic carbocycles. The molecule has 0 spiro atoms. The van der Waals surface area contributed by atoms with Crippen LogP contribution in [0.2, 0.25) is 5.02 Å². The van der Waals surface area contributed by atoms with Crippen molar-refractivity contribution in [2.24, 2.45) is 12.8 Å². The fourth-order valence-corrected chi connectivity index (χ4v) is 7.67. The van der Waals surface area contributed by atoms with Crippen molar-refractivity contribution in [3.05, 3.63) is 67.1 Å². The maximum atomic E-state index is 14.2. The van der Waals surface area contributed by atoms with Gasteiger partial charge in [-0.3, -0.25) is 23.4 Å². The fourth-order valence-electron chi connectivity index (χ4n) is 7.50. The zero-order chi connectivity index (χ0) is 45.6. The quantitative estimate of drug-likeness (QED) is 0.0303. The van der Waals surface area contributed by atoms with Crippen molar-refractivity contribution in [2.75, 3.05) is 57.5 Å². The SMILES string of the molecule is CC#CCn1c(N2CCC[C@@H](N)C2)nc2c1c(=O)n(Cc1ccc(Cl)cc1C(=O)OCCOCCn1cc(CN(CCCCCC)CC(O)C(O)C(O)C(O)CO)nn1)c(=O)n2C. The molecule has 1 aliphatic heterocycles. The van der Waals surface area contributed by atoms with Crippen molar-refractivity contribution in [3.63, 3.8) is 0 Å². The van der Waals surface area contributed by atoms with Gasteiger partial charge in [-0.05, 0) is 50.4 Å². The molecule has 0 saturated carbocycles. The van der Waals surface area contributed by atoms with E-state index in [9.17, 15) is 34.8 Å². The van der Waals surface area contributed by atoms with Crippen LogP contribution in [0.5, 0.6) is 0 Å². The second-order valence-electron chi connectivity index (χ2n) is 15.8. The van der Waals surface area contributed by atoms with Crippen LogP contribution in [0.3, 0.4) is 0 Å². The maximum Gasteiger partial charge on any atom is 0.338 e. The van der Waals surface area contributed by atoms with Gasteiger partial charge in [0.05, 0.1) is 56.8 Å². The fraction of sp³-hybridized carbons (Fsp3) is 0.619. The highest BCUT2D eigenvalue weighted by atomic mass is 35.5. The summed E-state index contributed by atoms with van der Waals surface area (Å²) in [6.07, 6.45) is 0.964. The molecular formula is C42H61ClN10O10. The lowest BCUT2D eigenvalue weighted by atomic mass is 10.0. The number of carbonyl (C=O) groups excluding carboxylic acids is 1. The van der Waals surface area contributed by atoms with Gasteiger partial charge in [0.2, 0.25) is 5.95 Å². The summed E-state index contributed by atoms with van der Waals surface area (Å²) in [5, 5.41) is 58.5. The maximum absolute atomic E-state index is 14.2. The molecule has 0 amide bonds. The van der Waals surface area contributed by atoms with Crippen LogP contribution < -0.4 is 21.9 Å². The number of hydrogen-bond donors (Lipinski definition) is 6. The average Bonchev–Trinajstić information content (AvgIpc) is 3.90. The van der Waals surface area contributed by atoms with Gasteiger partial charge in [-0.25, -0.2) is 14.3 Å². The molecule has 346 valence electrons. The van der Waals surface area contributed by atoms with Crippen molar-refractivity contribution in [2.45, 2.75) is 109 Å². The molecule has 20 nitrogen and oxygen atoms in total. The molecule has 7 N–H and O–H groups in total. The average molecular weight is 901 g/mol. The molecule has 5 atom stereocenters. The number of aliphatic hydroxyl groups is 5. The van der Waals surface area contributed by atoms with Crippen molar-refractivity contribution in [3.8, 4) is 11.8 Å². The number of benzene rings is 1. The van der Waals surface area contributed by atoms with Gasteiger partial charge in [-0.2, -0.15) is 4.98 Å². The van der Waals surface area contributed by atoms with E-state index in [1.54, 1.807) is 41.5 Å². The highest BCUT2D eigenvalue weighted by molar-refractivity contribution is 6.31. The summed E-state index contributed by atoms with van der Waals surface area (Å²) in [5.74, 6) is 5.69. The molecule has 0 radical (unpaired) electrons. The first-order valence-corrected chi connectivity index (χ1v) is 21.7. The standard InChI is InChI=1S/C42H61ClN10O10/c1-4-6-8-9-14-49(26-33(55)36(57)37(58)34(56)27-54)24-31-25-51(47-46-31)17-18-62-19-20-63-40(60)32-21-29(43)13-12-28(32)22-53-39(59)35-38(48(3)42(53)61)45-41(52(35)16-7-5-2)50-15-10-11-30(44)23-50/h12-13,21,25,30,33-34,36-37,54-58H,4,6,8-11,14-20,22-24,26-27,44H2,1-3H3/t30-,33?,34?,36?,37?/m1/s1. The van der Waals surface area contributed by atoms with E-state index < -0.39 is 48.2 Å². The first-order chi connectivity index (χ1) is 30.3. The number of anilines is 1. The van der Waals surface area contributed by atoms with Crippen molar-refractivity contribution in [1.82, 2.24) is 38.6 Å². The zero-order valence-electron chi connectivity index (χ0n) is 36.2. The number of hydrogen-bond acceptors (Lipinski definition) is 16. The van der Waals surface area contributed by atoms with Crippen LogP contribution in [0, 0.1) is 11.8 Å². The summed E-state index contributed by atoms with van der Waals surface area (Å²) >= 11 is 6.30. The molecule has 4 aromatic rings. The summed E-state index contributed by atoms with van der Waals surface area (Å²) in [6.45, 7) is 5.55. The lowest BCUT2D eigenvalue weighted by molar-refractivity contribution is -0.119. The summed E-state index contributed by atoms with van der Waals surface area (Å²) in [6, 6.07) is 4.51. The lowest BCUT2D eigenvalue weighted by Crippen LogP contribution is -2.49. The van der Waals surface area contributed by atoms with Crippen LogP contribution in [0.15, 0.2) is 34.0 Å². The number of aryl methyl sites for hydroxylation is 1. The molecule has 21 heteroatoms. The minimum Gasteiger partial charge on any atom is -0.460 e. The predicted molar refractivity (Wildman–Crippen MR) is 234 cm³/mol. The summed E-state index contributed by atoms with van der Waals surface area (Å²) in [4.78, 5) is 49.9. The van der Waals surface area contributed by atoms with Crippen LogP contribution in [0.4, 0.5) is 5.95 Å². The van der Waals surface area contributed by atoms with Gasteiger partial charge >= 0.3 is 11.7 Å². The molecule has 1 saturated heterocycles. The number of ether oxygens (including phenoxy) is 2. The zero-order valence-corrected chi connectivity index (χ0v) is 36.9. The second kappa shape index (κ2) is 23.8. The van der Waals surface area contributed by atoms with Gasteiger partial charge in [-0.15, -0.1) is 11.0 Å². The van der Waals surface area contributed by atoms with Gasteiger partial charge < -0.3 is 45.6 Å². The monoisotopic (exact) mass is 900 g/mol. The van der Waals surface area contributed by atoms with Gasteiger partial charge in [-0.1, -0.05) is 55.0 Å². The number of aromatic nitrogens is 7. The first kappa shape index (κ1) is 49.3. The number of rotatable bonds is 24. The Labute approximate surface area is 370 Å². The molecule has 0 bridgehead atoms. The van der Waals surface area contributed by atoms with E-state index in [1.807, 2.05) is 9.80 Å². The molecule has 1 aliphatic rings. The Bertz CT molecular complexity index is 2300. The number of unbranched alkanes of at least 4 members (excludes halogenated alkanes) is 3. The Morgan fingerprint density at radius 1 is 1.08 bits per heavy atom. The van der Waals surface area contributed by atoms with Crippen molar-refractivity contribution in [1.29, 1.82) is 0 Å². The molecule has 1 fully saturated rings.